The molecule has 0 aliphatic carbocycles. The molecule has 5 nitrogen and oxygen atoms in total. The number of hydrogen-bond donors (Lipinski definition) is 0. The fourth-order valence-electron chi connectivity index (χ4n) is 3.11. The lowest BCUT2D eigenvalue weighted by Crippen LogP contribution is -2.02. The summed E-state index contributed by atoms with van der Waals surface area (Å²) in [5, 5.41) is 0. The van der Waals surface area contributed by atoms with E-state index in [1.165, 1.54) is 0 Å². The third-order valence-corrected chi connectivity index (χ3v) is 4.43. The molecule has 0 saturated carbocycles. The summed E-state index contributed by atoms with van der Waals surface area (Å²) in [6.45, 7) is 11.4. The Balaban J connectivity index is 2.19. The highest BCUT2D eigenvalue weighted by molar-refractivity contribution is 5.80. The van der Waals surface area contributed by atoms with Crippen LogP contribution in [-0.2, 0) is 6.54 Å². The molecular weight excluding hydrogens is 312 g/mol. The summed E-state index contributed by atoms with van der Waals surface area (Å²) in [5.74, 6) is 0.955. The van der Waals surface area contributed by atoms with Crippen molar-refractivity contribution in [3.63, 3.8) is 0 Å². The van der Waals surface area contributed by atoms with Crippen molar-refractivity contribution in [1.82, 2.24) is 19.5 Å². The van der Waals surface area contributed by atoms with E-state index in [4.69, 9.17) is 14.7 Å². The first-order valence-electron chi connectivity index (χ1n) is 8.85. The van der Waals surface area contributed by atoms with Crippen LogP contribution in [0.2, 0.25) is 0 Å². The number of aromatic nitrogens is 4. The minimum absolute atomic E-state index is 0.350. The third-order valence-electron chi connectivity index (χ3n) is 4.43. The maximum atomic E-state index is 5.55. The normalized spacial score (nSPS) is 11.5. The van der Waals surface area contributed by atoms with Gasteiger partial charge in [-0.15, -0.1) is 0 Å². The van der Waals surface area contributed by atoms with Crippen molar-refractivity contribution in [3.05, 3.63) is 35.3 Å². The second-order valence-electron chi connectivity index (χ2n) is 6.78. The van der Waals surface area contributed by atoms with Gasteiger partial charge in [0.05, 0.1) is 24.1 Å². The Morgan fingerprint density at radius 1 is 1.12 bits per heavy atom. The zero-order valence-corrected chi connectivity index (χ0v) is 15.9. The van der Waals surface area contributed by atoms with Crippen molar-refractivity contribution in [1.29, 1.82) is 0 Å². The van der Waals surface area contributed by atoms with Crippen LogP contribution in [0.3, 0.4) is 0 Å². The molecule has 0 amide bonds. The van der Waals surface area contributed by atoms with E-state index < -0.39 is 0 Å². The number of fused-ring (bicyclic) bond motifs is 1. The topological polar surface area (TPSA) is 52.8 Å². The summed E-state index contributed by atoms with van der Waals surface area (Å²) < 4.78 is 7.73. The molecule has 3 rings (SSSR count). The number of pyridine rings is 1. The lowest BCUT2D eigenvalue weighted by atomic mass is 10.1. The van der Waals surface area contributed by atoms with E-state index in [9.17, 15) is 0 Å². The van der Waals surface area contributed by atoms with Crippen LogP contribution in [-0.4, -0.2) is 26.6 Å². The molecule has 3 aromatic rings. The van der Waals surface area contributed by atoms with E-state index in [1.807, 2.05) is 19.1 Å². The zero-order valence-electron chi connectivity index (χ0n) is 15.9. The van der Waals surface area contributed by atoms with Crippen LogP contribution in [0, 0.1) is 13.8 Å². The quantitative estimate of drug-likeness (QED) is 0.679. The number of rotatable bonds is 5. The van der Waals surface area contributed by atoms with Crippen LogP contribution < -0.4 is 4.74 Å². The molecule has 0 N–H and O–H groups in total. The zero-order chi connectivity index (χ0) is 18.1. The van der Waals surface area contributed by atoms with Gasteiger partial charge in [0.1, 0.15) is 5.52 Å². The molecule has 0 atom stereocenters. The van der Waals surface area contributed by atoms with E-state index in [0.29, 0.717) is 11.8 Å². The second-order valence-corrected chi connectivity index (χ2v) is 6.78. The highest BCUT2D eigenvalue weighted by Crippen LogP contribution is 2.32. The maximum Gasteiger partial charge on any atom is 0.222 e. The maximum absolute atomic E-state index is 5.55. The van der Waals surface area contributed by atoms with Crippen LogP contribution in [0.25, 0.3) is 22.4 Å². The first-order valence-corrected chi connectivity index (χ1v) is 8.85. The average molecular weight is 338 g/mol. The van der Waals surface area contributed by atoms with Gasteiger partial charge in [0.2, 0.25) is 5.88 Å². The Morgan fingerprint density at radius 3 is 2.52 bits per heavy atom. The van der Waals surface area contributed by atoms with Gasteiger partial charge in [0.15, 0.2) is 5.65 Å². The van der Waals surface area contributed by atoms with Gasteiger partial charge in [0.25, 0.3) is 0 Å². The molecule has 0 aromatic carbocycles. The molecule has 0 aliphatic heterocycles. The fourth-order valence-corrected chi connectivity index (χ4v) is 3.11. The molecule has 0 aliphatic rings. The molecule has 0 radical (unpaired) electrons. The van der Waals surface area contributed by atoms with E-state index in [0.717, 1.165) is 52.3 Å². The molecule has 0 saturated heterocycles. The molecule has 25 heavy (non-hydrogen) atoms. The third kappa shape index (κ3) is 3.11. The minimum Gasteiger partial charge on any atom is -0.480 e. The van der Waals surface area contributed by atoms with Crippen LogP contribution in [0.15, 0.2) is 18.3 Å². The predicted molar refractivity (Wildman–Crippen MR) is 101 cm³/mol. The van der Waals surface area contributed by atoms with Gasteiger partial charge in [-0.3, -0.25) is 0 Å². The lowest BCUT2D eigenvalue weighted by Gasteiger charge is -2.13. The standard InChI is InChI=1S/C20H26N4O/c1-7-10-24-11-13(4)17-19(24)21-14(5)18(23-17)15-8-9-16(12(2)3)22-20(15)25-6/h8-9,11-12H,7,10H2,1-6H3. The molecule has 0 spiro atoms. The van der Waals surface area contributed by atoms with Crippen LogP contribution in [0.1, 0.15) is 50.1 Å². The Hall–Kier alpha value is -2.43. The van der Waals surface area contributed by atoms with Gasteiger partial charge in [-0.25, -0.2) is 15.0 Å². The van der Waals surface area contributed by atoms with Gasteiger partial charge in [-0.2, -0.15) is 0 Å². The summed E-state index contributed by atoms with van der Waals surface area (Å²) in [5.41, 5.74) is 6.67. The Morgan fingerprint density at radius 2 is 1.88 bits per heavy atom. The van der Waals surface area contributed by atoms with E-state index in [-0.39, 0.29) is 0 Å². The Kier molecular flexibility index (Phi) is 4.75. The van der Waals surface area contributed by atoms with Crippen LogP contribution in [0.5, 0.6) is 5.88 Å². The number of aryl methyl sites for hydroxylation is 3. The molecule has 5 heteroatoms. The van der Waals surface area contributed by atoms with Gasteiger partial charge >= 0.3 is 0 Å². The first-order chi connectivity index (χ1) is 12.0. The molecule has 0 unspecified atom stereocenters. The average Bonchev–Trinajstić information content (AvgIpc) is 2.89. The molecule has 3 heterocycles. The van der Waals surface area contributed by atoms with Crippen molar-refractivity contribution in [2.45, 2.75) is 53.5 Å². The summed E-state index contributed by atoms with van der Waals surface area (Å²) in [4.78, 5) is 14.4. The molecule has 0 fully saturated rings. The van der Waals surface area contributed by atoms with Crippen molar-refractivity contribution in [2.75, 3.05) is 7.11 Å². The van der Waals surface area contributed by atoms with Gasteiger partial charge in [-0.05, 0) is 43.9 Å². The Bertz CT molecular complexity index is 912. The van der Waals surface area contributed by atoms with Crippen molar-refractivity contribution >= 4 is 11.2 Å². The number of ether oxygens (including phenoxy) is 1. The molecule has 132 valence electrons. The highest BCUT2D eigenvalue weighted by Gasteiger charge is 2.18. The minimum atomic E-state index is 0.350. The SMILES string of the molecule is CCCn1cc(C)c2nc(-c3ccc(C(C)C)nc3OC)c(C)nc21. The van der Waals surface area contributed by atoms with E-state index in [1.54, 1.807) is 7.11 Å². The lowest BCUT2D eigenvalue weighted by molar-refractivity contribution is 0.397. The molecule has 0 bridgehead atoms. The number of methoxy groups -OCH3 is 1. The van der Waals surface area contributed by atoms with Gasteiger partial charge < -0.3 is 9.30 Å². The molecular formula is C20H26N4O. The van der Waals surface area contributed by atoms with E-state index in [2.05, 4.69) is 43.4 Å². The summed E-state index contributed by atoms with van der Waals surface area (Å²) in [7, 11) is 1.65. The smallest absolute Gasteiger partial charge is 0.222 e. The molecule has 3 aromatic heterocycles. The van der Waals surface area contributed by atoms with Crippen molar-refractivity contribution in [3.8, 4) is 17.1 Å². The Labute approximate surface area is 149 Å². The van der Waals surface area contributed by atoms with Crippen molar-refractivity contribution in [2.24, 2.45) is 0 Å². The summed E-state index contributed by atoms with van der Waals surface area (Å²) in [6.07, 6.45) is 3.20. The first kappa shape index (κ1) is 17.4. The largest absolute Gasteiger partial charge is 0.480 e. The predicted octanol–water partition coefficient (Wildman–Crippen LogP) is 4.65. The van der Waals surface area contributed by atoms with Crippen molar-refractivity contribution < 1.29 is 4.74 Å². The summed E-state index contributed by atoms with van der Waals surface area (Å²) >= 11 is 0. The van der Waals surface area contributed by atoms with Crippen LogP contribution in [0.4, 0.5) is 0 Å². The summed E-state index contributed by atoms with van der Waals surface area (Å²) in [6, 6.07) is 4.09. The van der Waals surface area contributed by atoms with Gasteiger partial charge in [-0.1, -0.05) is 20.8 Å². The number of hydrogen-bond acceptors (Lipinski definition) is 4. The van der Waals surface area contributed by atoms with E-state index >= 15 is 0 Å². The second kappa shape index (κ2) is 6.82. The fraction of sp³-hybridized carbons (Fsp3) is 0.450. The monoisotopic (exact) mass is 338 g/mol. The van der Waals surface area contributed by atoms with Crippen LogP contribution >= 0.6 is 0 Å². The van der Waals surface area contributed by atoms with Gasteiger partial charge in [0, 0.05) is 18.4 Å². The highest BCUT2D eigenvalue weighted by atomic mass is 16.5. The number of nitrogens with zero attached hydrogens (tertiary/aromatic N) is 4.